The highest BCUT2D eigenvalue weighted by molar-refractivity contribution is 7.89. The van der Waals surface area contributed by atoms with E-state index in [1.807, 2.05) is 0 Å². The minimum Gasteiger partial charge on any atom is -0.490 e. The lowest BCUT2D eigenvalue weighted by molar-refractivity contribution is -0.120. The molecule has 1 N–H and O–H groups in total. The number of rotatable bonds is 7. The predicted molar refractivity (Wildman–Crippen MR) is 109 cm³/mol. The second kappa shape index (κ2) is 9.19. The minimum atomic E-state index is -3.77. The maximum Gasteiger partial charge on any atom is 0.243 e. The lowest BCUT2D eigenvalue weighted by Crippen LogP contribution is -2.43. The Morgan fingerprint density at radius 2 is 1.90 bits per heavy atom. The number of carbonyl (C=O) groups excluding carboxylic acids is 1. The number of amides is 1. The maximum absolute atomic E-state index is 13.1. The molecule has 1 aliphatic rings. The Morgan fingerprint density at radius 3 is 2.55 bits per heavy atom. The smallest absolute Gasteiger partial charge is 0.243 e. The third-order valence-electron chi connectivity index (χ3n) is 4.70. The van der Waals surface area contributed by atoms with Crippen molar-refractivity contribution in [2.75, 3.05) is 25.0 Å². The largest absolute Gasteiger partial charge is 0.490 e. The zero-order valence-corrected chi connectivity index (χ0v) is 16.7. The van der Waals surface area contributed by atoms with Gasteiger partial charge in [0.15, 0.2) is 0 Å². The predicted octanol–water partition coefficient (Wildman–Crippen LogP) is 3.43. The molecule has 0 saturated carbocycles. The summed E-state index contributed by atoms with van der Waals surface area (Å²) >= 11 is 0. The normalized spacial score (nSPS) is 17.5. The first-order chi connectivity index (χ1) is 13.9. The second-order valence-corrected chi connectivity index (χ2v) is 8.71. The summed E-state index contributed by atoms with van der Waals surface area (Å²) in [5.74, 6) is -0.530. The summed E-state index contributed by atoms with van der Waals surface area (Å²) in [5.41, 5.74) is 0.611. The summed E-state index contributed by atoms with van der Waals surface area (Å²) in [6.45, 7) is 4.40. The lowest BCUT2D eigenvalue weighted by atomic mass is 9.99. The Hall–Kier alpha value is -2.71. The lowest BCUT2D eigenvalue weighted by Gasteiger charge is -2.31. The van der Waals surface area contributed by atoms with Gasteiger partial charge in [0, 0.05) is 18.8 Å². The van der Waals surface area contributed by atoms with E-state index in [9.17, 15) is 17.6 Å². The van der Waals surface area contributed by atoms with Crippen molar-refractivity contribution in [2.24, 2.45) is 5.92 Å². The van der Waals surface area contributed by atoms with E-state index in [-0.39, 0.29) is 17.3 Å². The Morgan fingerprint density at radius 1 is 1.21 bits per heavy atom. The molecule has 1 amide bonds. The summed E-state index contributed by atoms with van der Waals surface area (Å²) in [6.07, 6.45) is 2.82. The number of sulfonamides is 1. The third kappa shape index (κ3) is 5.21. The fraction of sp³-hybridized carbons (Fsp3) is 0.286. The van der Waals surface area contributed by atoms with Crippen molar-refractivity contribution in [3.05, 3.63) is 67.0 Å². The van der Waals surface area contributed by atoms with E-state index in [2.05, 4.69) is 11.9 Å². The molecule has 0 spiro atoms. The van der Waals surface area contributed by atoms with Crippen LogP contribution in [0.3, 0.4) is 0 Å². The van der Waals surface area contributed by atoms with E-state index >= 15 is 0 Å². The zero-order valence-electron chi connectivity index (χ0n) is 15.9. The van der Waals surface area contributed by atoms with Crippen LogP contribution in [0.2, 0.25) is 0 Å². The first-order valence-corrected chi connectivity index (χ1v) is 10.7. The van der Waals surface area contributed by atoms with Gasteiger partial charge in [-0.3, -0.25) is 4.79 Å². The summed E-state index contributed by atoms with van der Waals surface area (Å²) in [6, 6.07) is 11.6. The van der Waals surface area contributed by atoms with Gasteiger partial charge in [-0.15, -0.1) is 0 Å². The number of nitrogens with one attached hydrogen (secondary N) is 1. The van der Waals surface area contributed by atoms with E-state index in [0.29, 0.717) is 37.4 Å². The molecule has 3 rings (SSSR count). The Bertz CT molecular complexity index is 959. The summed E-state index contributed by atoms with van der Waals surface area (Å²) in [5, 5.41) is 2.83. The molecule has 0 aromatic heterocycles. The number of nitrogens with zero attached hydrogens (tertiary/aromatic N) is 1. The van der Waals surface area contributed by atoms with Crippen LogP contribution in [-0.2, 0) is 14.8 Å². The van der Waals surface area contributed by atoms with Gasteiger partial charge in [-0.25, -0.2) is 12.8 Å². The first-order valence-electron chi connectivity index (χ1n) is 9.30. The van der Waals surface area contributed by atoms with E-state index in [0.717, 1.165) is 12.1 Å². The van der Waals surface area contributed by atoms with Crippen LogP contribution in [0.1, 0.15) is 12.8 Å². The molecule has 0 unspecified atom stereocenters. The number of carbonyl (C=O) groups is 1. The SMILES string of the molecule is C=CCOc1ccc(NC(=O)[C@@H]2CCCN(S(=O)(=O)c3ccc(F)cc3)C2)cc1. The molecule has 0 radical (unpaired) electrons. The van der Waals surface area contributed by atoms with E-state index in [1.165, 1.54) is 16.4 Å². The Kier molecular flexibility index (Phi) is 6.66. The molecule has 1 atom stereocenters. The molecule has 2 aromatic rings. The van der Waals surface area contributed by atoms with Crippen molar-refractivity contribution in [3.63, 3.8) is 0 Å². The minimum absolute atomic E-state index is 0.0232. The van der Waals surface area contributed by atoms with Gasteiger partial charge < -0.3 is 10.1 Å². The van der Waals surface area contributed by atoms with Gasteiger partial charge in [-0.2, -0.15) is 4.31 Å². The molecule has 8 heteroatoms. The average Bonchev–Trinajstić information content (AvgIpc) is 2.73. The number of benzene rings is 2. The second-order valence-electron chi connectivity index (χ2n) is 6.77. The monoisotopic (exact) mass is 418 g/mol. The van der Waals surface area contributed by atoms with Crippen LogP contribution in [0, 0.1) is 11.7 Å². The van der Waals surface area contributed by atoms with Crippen LogP contribution in [0.15, 0.2) is 66.1 Å². The third-order valence-corrected chi connectivity index (χ3v) is 6.58. The molecule has 1 heterocycles. The van der Waals surface area contributed by atoms with Crippen molar-refractivity contribution >= 4 is 21.6 Å². The van der Waals surface area contributed by atoms with Crippen LogP contribution in [0.5, 0.6) is 5.75 Å². The molecule has 0 bridgehead atoms. The average molecular weight is 418 g/mol. The highest BCUT2D eigenvalue weighted by Gasteiger charge is 2.33. The van der Waals surface area contributed by atoms with E-state index in [4.69, 9.17) is 4.74 Å². The van der Waals surface area contributed by atoms with Gasteiger partial charge in [0.25, 0.3) is 0 Å². The molecule has 1 saturated heterocycles. The number of halogens is 1. The van der Waals surface area contributed by atoms with Crippen LogP contribution < -0.4 is 10.1 Å². The topological polar surface area (TPSA) is 75.7 Å². The molecular formula is C21H23FN2O4S. The molecule has 1 aliphatic heterocycles. The van der Waals surface area contributed by atoms with Crippen LogP contribution in [-0.4, -0.2) is 38.3 Å². The number of ether oxygens (including phenoxy) is 1. The molecule has 6 nitrogen and oxygen atoms in total. The zero-order chi connectivity index (χ0) is 20.9. The van der Waals surface area contributed by atoms with Gasteiger partial charge in [-0.1, -0.05) is 12.7 Å². The van der Waals surface area contributed by atoms with Gasteiger partial charge >= 0.3 is 0 Å². The van der Waals surface area contributed by atoms with Crippen molar-refractivity contribution < 1.29 is 22.3 Å². The maximum atomic E-state index is 13.1. The van der Waals surface area contributed by atoms with Crippen LogP contribution >= 0.6 is 0 Å². The van der Waals surface area contributed by atoms with Crippen molar-refractivity contribution in [2.45, 2.75) is 17.7 Å². The quantitative estimate of drug-likeness (QED) is 0.699. The Labute approximate surface area is 170 Å². The molecule has 1 fully saturated rings. The summed E-state index contributed by atoms with van der Waals surface area (Å²) in [7, 11) is -3.77. The molecular weight excluding hydrogens is 395 g/mol. The summed E-state index contributed by atoms with van der Waals surface area (Å²) < 4.78 is 45.4. The highest BCUT2D eigenvalue weighted by Crippen LogP contribution is 2.25. The number of hydrogen-bond donors (Lipinski definition) is 1. The van der Waals surface area contributed by atoms with Crippen molar-refractivity contribution in [3.8, 4) is 5.75 Å². The van der Waals surface area contributed by atoms with Gasteiger partial charge in [0.2, 0.25) is 15.9 Å². The number of hydrogen-bond acceptors (Lipinski definition) is 4. The van der Waals surface area contributed by atoms with Gasteiger partial charge in [-0.05, 0) is 61.4 Å². The molecule has 2 aromatic carbocycles. The van der Waals surface area contributed by atoms with E-state index < -0.39 is 21.8 Å². The Balaban J connectivity index is 1.64. The van der Waals surface area contributed by atoms with E-state index in [1.54, 1.807) is 30.3 Å². The van der Waals surface area contributed by atoms with Gasteiger partial charge in [0.05, 0.1) is 10.8 Å². The first kappa shape index (κ1) is 21.0. The fourth-order valence-corrected chi connectivity index (χ4v) is 4.69. The summed E-state index contributed by atoms with van der Waals surface area (Å²) in [4.78, 5) is 12.7. The number of anilines is 1. The molecule has 29 heavy (non-hydrogen) atoms. The highest BCUT2D eigenvalue weighted by atomic mass is 32.2. The van der Waals surface area contributed by atoms with Crippen LogP contribution in [0.4, 0.5) is 10.1 Å². The number of piperidine rings is 1. The standard InChI is InChI=1S/C21H23FN2O4S/c1-2-14-28-19-9-7-18(8-10-19)23-21(25)16-4-3-13-24(15-16)29(26,27)20-11-5-17(22)6-12-20/h2,5-12,16H,1,3-4,13-15H2,(H,23,25)/t16-/m1/s1. The van der Waals surface area contributed by atoms with Gasteiger partial charge in [0.1, 0.15) is 18.2 Å². The van der Waals surface area contributed by atoms with Crippen molar-refractivity contribution in [1.29, 1.82) is 0 Å². The van der Waals surface area contributed by atoms with Crippen LogP contribution in [0.25, 0.3) is 0 Å². The molecule has 154 valence electrons. The molecule has 0 aliphatic carbocycles. The van der Waals surface area contributed by atoms with Crippen molar-refractivity contribution in [1.82, 2.24) is 4.31 Å². The fourth-order valence-electron chi connectivity index (χ4n) is 3.16.